The minimum Gasteiger partial charge on any atom is -1.00 e. The van der Waals surface area contributed by atoms with Gasteiger partial charge in [0.25, 0.3) is 5.01 Å². The summed E-state index contributed by atoms with van der Waals surface area (Å²) in [7, 11) is 0. The zero-order valence-corrected chi connectivity index (χ0v) is 28.3. The first kappa shape index (κ1) is 31.7. The largest absolute Gasteiger partial charge is 1.00 e. The van der Waals surface area contributed by atoms with E-state index in [1.54, 1.807) is 35.6 Å². The molecule has 0 fully saturated rings. The number of anilines is 2. The van der Waals surface area contributed by atoms with E-state index in [0.29, 0.717) is 16.6 Å². The first-order valence-corrected chi connectivity index (χ1v) is 15.6. The van der Waals surface area contributed by atoms with E-state index >= 15 is 0 Å². The van der Waals surface area contributed by atoms with E-state index in [-0.39, 0.29) is 36.4 Å². The van der Waals surface area contributed by atoms with Crippen LogP contribution in [-0.2, 0) is 13.2 Å². The van der Waals surface area contributed by atoms with E-state index in [1.165, 1.54) is 33.7 Å². The number of para-hydroxylation sites is 1. The average Bonchev–Trinajstić information content (AvgIpc) is 3.68. The molecule has 0 spiro atoms. The number of aromatic nitrogens is 3. The Bertz CT molecular complexity index is 2200. The first-order valence-electron chi connectivity index (χ1n) is 14.4. The second kappa shape index (κ2) is 14.0. The Kier molecular flexibility index (Phi) is 9.62. The van der Waals surface area contributed by atoms with Crippen LogP contribution >= 0.6 is 22.9 Å². The van der Waals surface area contributed by atoms with Crippen LogP contribution in [0.1, 0.15) is 23.3 Å². The Morgan fingerprint density at radius 3 is 2.70 bits per heavy atom. The van der Waals surface area contributed by atoms with Gasteiger partial charge >= 0.3 is 0 Å². The maximum absolute atomic E-state index is 13.5. The smallest absolute Gasteiger partial charge is 0.262 e. The van der Waals surface area contributed by atoms with Gasteiger partial charge < -0.3 is 38.4 Å². The maximum atomic E-state index is 13.5. The lowest BCUT2D eigenvalue weighted by atomic mass is 10.1. The van der Waals surface area contributed by atoms with Gasteiger partial charge in [0.2, 0.25) is 5.52 Å². The standard InChI is InChI=1S/C36H26ClFN4O2S.HI/c1-2-42-31-8-3-4-9-34(31)45-35(42)17-13-27-12-16-32(44-27)24-10-14-30-28(19-24)36(40-22-39-30)41-26-11-15-33(29(37)20-26)43-21-23-6-5-7-25(38)18-23;/h3-20,22H,2,21H2,1H3;1H. The molecular formula is C36H27ClFIN4O2S. The number of benzene rings is 4. The summed E-state index contributed by atoms with van der Waals surface area (Å²) in [6.45, 7) is 3.25. The second-order valence-corrected chi connectivity index (χ2v) is 11.8. The molecule has 3 aromatic heterocycles. The normalized spacial score (nSPS) is 11.3. The number of hydrogen-bond donors (Lipinski definition) is 1. The highest BCUT2D eigenvalue weighted by atomic mass is 127. The van der Waals surface area contributed by atoms with Crippen molar-refractivity contribution in [2.45, 2.75) is 20.1 Å². The van der Waals surface area contributed by atoms with Gasteiger partial charge in [-0.05, 0) is 85.3 Å². The highest BCUT2D eigenvalue weighted by Crippen LogP contribution is 2.33. The van der Waals surface area contributed by atoms with Gasteiger partial charge in [-0.15, -0.1) is 0 Å². The molecule has 7 rings (SSSR count). The number of fused-ring (bicyclic) bond motifs is 2. The molecule has 4 aromatic carbocycles. The van der Waals surface area contributed by atoms with Crippen LogP contribution in [0, 0.1) is 5.82 Å². The van der Waals surface area contributed by atoms with E-state index in [1.807, 2.05) is 42.5 Å². The topological polar surface area (TPSA) is 64.1 Å². The fourth-order valence-corrected chi connectivity index (χ4v) is 6.55. The Balaban J connectivity index is 0.00000372. The molecule has 46 heavy (non-hydrogen) atoms. The number of halogens is 3. The van der Waals surface area contributed by atoms with E-state index in [9.17, 15) is 4.39 Å². The summed E-state index contributed by atoms with van der Waals surface area (Å²) in [5, 5.41) is 5.78. The quantitative estimate of drug-likeness (QED) is 0.131. The van der Waals surface area contributed by atoms with Gasteiger partial charge in [-0.2, -0.15) is 4.57 Å². The van der Waals surface area contributed by atoms with Crippen molar-refractivity contribution in [3.05, 3.63) is 131 Å². The van der Waals surface area contributed by atoms with Crippen LogP contribution in [0.4, 0.5) is 15.9 Å². The van der Waals surface area contributed by atoms with Crippen molar-refractivity contribution in [2.75, 3.05) is 5.32 Å². The summed E-state index contributed by atoms with van der Waals surface area (Å²) < 4.78 is 29.1. The minimum atomic E-state index is -0.306. The van der Waals surface area contributed by atoms with Crippen LogP contribution < -0.4 is 38.6 Å². The lowest BCUT2D eigenvalue weighted by molar-refractivity contribution is -0.665. The number of thiazole rings is 1. The lowest BCUT2D eigenvalue weighted by Crippen LogP contribution is -3.00. The lowest BCUT2D eigenvalue weighted by Gasteiger charge is -2.12. The van der Waals surface area contributed by atoms with Crippen molar-refractivity contribution in [3.8, 4) is 17.1 Å². The molecule has 0 bridgehead atoms. The van der Waals surface area contributed by atoms with Crippen LogP contribution in [-0.4, -0.2) is 9.97 Å². The molecule has 10 heteroatoms. The monoisotopic (exact) mass is 760 g/mol. The summed E-state index contributed by atoms with van der Waals surface area (Å²) >= 11 is 8.29. The molecule has 0 unspecified atom stereocenters. The number of ether oxygens (including phenoxy) is 1. The summed E-state index contributed by atoms with van der Waals surface area (Å²) in [4.78, 5) is 8.95. The predicted octanol–water partition coefficient (Wildman–Crippen LogP) is 6.70. The molecule has 0 aliphatic rings. The molecule has 0 atom stereocenters. The molecule has 0 amide bonds. The molecule has 3 heterocycles. The van der Waals surface area contributed by atoms with Gasteiger partial charge in [-0.1, -0.05) is 47.2 Å². The number of nitrogens with one attached hydrogen (secondary N) is 1. The van der Waals surface area contributed by atoms with Crippen molar-refractivity contribution in [3.63, 3.8) is 0 Å². The third kappa shape index (κ3) is 6.76. The highest BCUT2D eigenvalue weighted by Gasteiger charge is 2.16. The fourth-order valence-electron chi connectivity index (χ4n) is 5.18. The van der Waals surface area contributed by atoms with Crippen LogP contribution in [0.15, 0.2) is 108 Å². The third-order valence-corrected chi connectivity index (χ3v) is 8.79. The van der Waals surface area contributed by atoms with Crippen molar-refractivity contribution in [1.29, 1.82) is 0 Å². The molecule has 0 radical (unpaired) electrons. The van der Waals surface area contributed by atoms with Gasteiger partial charge in [-0.25, -0.2) is 14.4 Å². The number of rotatable bonds is 9. The molecule has 0 aliphatic carbocycles. The SMILES string of the molecule is CC[n+]1c(/C=C/c2ccc(-c3ccc4ncnc(Nc5ccc(OCc6cccc(F)c6)c(Cl)c5)c4c3)o2)sc2ccccc21.[I-]. The first-order chi connectivity index (χ1) is 22.0. The number of aryl methyl sites for hydroxylation is 1. The number of nitrogens with zero attached hydrogens (tertiary/aromatic N) is 3. The molecular weight excluding hydrogens is 734 g/mol. The Morgan fingerprint density at radius 2 is 1.85 bits per heavy atom. The van der Waals surface area contributed by atoms with E-state index in [0.717, 1.165) is 45.8 Å². The van der Waals surface area contributed by atoms with Gasteiger partial charge in [0, 0.05) is 28.8 Å². The van der Waals surface area contributed by atoms with E-state index < -0.39 is 0 Å². The predicted molar refractivity (Wildman–Crippen MR) is 179 cm³/mol. The molecule has 6 nitrogen and oxygen atoms in total. The molecule has 0 saturated heterocycles. The number of furan rings is 1. The molecule has 0 aliphatic heterocycles. The van der Waals surface area contributed by atoms with Crippen LogP contribution in [0.2, 0.25) is 5.02 Å². The van der Waals surface area contributed by atoms with Gasteiger partial charge in [0.1, 0.15) is 53.1 Å². The summed E-state index contributed by atoms with van der Waals surface area (Å²) in [6, 6.07) is 30.0. The van der Waals surface area contributed by atoms with Crippen LogP contribution in [0.25, 0.3) is 44.6 Å². The Hall–Kier alpha value is -4.32. The van der Waals surface area contributed by atoms with Gasteiger partial charge in [-0.3, -0.25) is 0 Å². The van der Waals surface area contributed by atoms with Gasteiger partial charge in [0.15, 0.2) is 0 Å². The highest BCUT2D eigenvalue weighted by molar-refractivity contribution is 7.18. The van der Waals surface area contributed by atoms with Crippen LogP contribution in [0.3, 0.4) is 0 Å². The van der Waals surface area contributed by atoms with Gasteiger partial charge in [0.05, 0.1) is 10.5 Å². The van der Waals surface area contributed by atoms with Crippen molar-refractivity contribution in [2.24, 2.45) is 0 Å². The summed E-state index contributed by atoms with van der Waals surface area (Å²) in [5.41, 5.74) is 4.39. The zero-order valence-electron chi connectivity index (χ0n) is 24.6. The molecule has 230 valence electrons. The fraction of sp³-hybridized carbons (Fsp3) is 0.0833. The second-order valence-electron chi connectivity index (χ2n) is 10.3. The van der Waals surface area contributed by atoms with E-state index in [2.05, 4.69) is 57.1 Å². The maximum Gasteiger partial charge on any atom is 0.262 e. The zero-order chi connectivity index (χ0) is 30.8. The Labute approximate surface area is 291 Å². The van der Waals surface area contributed by atoms with Crippen LogP contribution in [0.5, 0.6) is 5.75 Å². The van der Waals surface area contributed by atoms with E-state index in [4.69, 9.17) is 20.8 Å². The minimum absolute atomic E-state index is 0. The average molecular weight is 761 g/mol. The third-order valence-electron chi connectivity index (χ3n) is 7.37. The number of hydrogen-bond acceptors (Lipinski definition) is 6. The summed E-state index contributed by atoms with van der Waals surface area (Å²) in [6.07, 6.45) is 5.64. The summed E-state index contributed by atoms with van der Waals surface area (Å²) in [5.74, 6) is 2.34. The van der Waals surface area contributed by atoms with Crippen molar-refractivity contribution >= 4 is 67.7 Å². The van der Waals surface area contributed by atoms with Crippen molar-refractivity contribution in [1.82, 2.24) is 9.97 Å². The molecule has 0 saturated carbocycles. The Morgan fingerprint density at radius 1 is 0.957 bits per heavy atom. The van der Waals surface area contributed by atoms with Crippen molar-refractivity contribution < 1.29 is 42.1 Å². The molecule has 1 N–H and O–H groups in total. The molecule has 7 aromatic rings.